The van der Waals surface area contributed by atoms with Crippen molar-refractivity contribution < 1.29 is 34.1 Å². The molecule has 0 amide bonds. The minimum Gasteiger partial charge on any atom is -0.472 e. The maximum atomic E-state index is 13.2. The maximum Gasteiger partial charge on any atom is 0.318 e. The molecule has 0 bridgehead atoms. The van der Waals surface area contributed by atoms with Crippen LogP contribution in [0.25, 0.3) is 0 Å². The quantitative estimate of drug-likeness (QED) is 0.636. The van der Waals surface area contributed by atoms with Crippen LogP contribution in [0.2, 0.25) is 0 Å². The number of ketones is 1. The minimum absolute atomic E-state index is 0.0121. The van der Waals surface area contributed by atoms with Crippen molar-refractivity contribution in [3.05, 3.63) is 24.2 Å². The number of esters is 1. The van der Waals surface area contributed by atoms with Gasteiger partial charge >= 0.3 is 5.97 Å². The van der Waals surface area contributed by atoms with Gasteiger partial charge in [-0.05, 0) is 39.2 Å². The summed E-state index contributed by atoms with van der Waals surface area (Å²) in [5.74, 6) is -1.05. The predicted molar refractivity (Wildman–Crippen MR) is 92.4 cm³/mol. The molecule has 7 nitrogen and oxygen atoms in total. The van der Waals surface area contributed by atoms with Crippen molar-refractivity contribution in [1.29, 1.82) is 0 Å². The molecule has 6 atom stereocenters. The van der Waals surface area contributed by atoms with Gasteiger partial charge in [-0.1, -0.05) is 6.92 Å². The molecule has 0 aromatic carbocycles. The van der Waals surface area contributed by atoms with Gasteiger partial charge in [-0.3, -0.25) is 9.59 Å². The van der Waals surface area contributed by atoms with E-state index in [0.717, 1.165) is 0 Å². The second-order valence-corrected chi connectivity index (χ2v) is 9.02. The van der Waals surface area contributed by atoms with E-state index in [1.54, 1.807) is 13.0 Å². The van der Waals surface area contributed by atoms with Crippen molar-refractivity contribution in [1.82, 2.24) is 0 Å². The Morgan fingerprint density at radius 3 is 2.41 bits per heavy atom. The van der Waals surface area contributed by atoms with Crippen LogP contribution in [0.4, 0.5) is 0 Å². The van der Waals surface area contributed by atoms with Gasteiger partial charge < -0.3 is 24.5 Å². The van der Waals surface area contributed by atoms with Crippen LogP contribution in [0.5, 0.6) is 0 Å². The molecule has 3 aliphatic rings. The van der Waals surface area contributed by atoms with Gasteiger partial charge in [0.25, 0.3) is 0 Å². The first-order valence-electron chi connectivity index (χ1n) is 9.37. The molecular weight excluding hydrogens is 352 g/mol. The van der Waals surface area contributed by atoms with Crippen molar-refractivity contribution >= 4 is 11.8 Å². The molecule has 0 radical (unpaired) electrons. The number of carbonyl (C=O) groups excluding carboxylic acids is 2. The van der Waals surface area contributed by atoms with Crippen LogP contribution in [0.1, 0.15) is 64.5 Å². The van der Waals surface area contributed by atoms with Gasteiger partial charge in [0.15, 0.2) is 5.78 Å². The normalized spacial score (nSPS) is 49.9. The number of fused-ring (bicyclic) bond motifs is 2. The molecule has 1 saturated heterocycles. The van der Waals surface area contributed by atoms with E-state index in [0.29, 0.717) is 5.56 Å². The second-order valence-electron chi connectivity index (χ2n) is 9.02. The summed E-state index contributed by atoms with van der Waals surface area (Å²) in [6, 6.07) is 1.68. The lowest BCUT2D eigenvalue weighted by Crippen LogP contribution is -2.79. The Kier molecular flexibility index (Phi) is 3.60. The fourth-order valence-corrected chi connectivity index (χ4v) is 5.87. The summed E-state index contributed by atoms with van der Waals surface area (Å²) in [7, 11) is 0. The number of hydrogen-bond acceptors (Lipinski definition) is 7. The van der Waals surface area contributed by atoms with Crippen LogP contribution in [0.3, 0.4) is 0 Å². The largest absolute Gasteiger partial charge is 0.472 e. The zero-order valence-corrected chi connectivity index (χ0v) is 15.8. The number of furan rings is 1. The number of ether oxygens (including phenoxy) is 1. The molecule has 148 valence electrons. The van der Waals surface area contributed by atoms with E-state index < -0.39 is 39.7 Å². The van der Waals surface area contributed by atoms with Crippen molar-refractivity contribution in [2.45, 2.75) is 75.8 Å². The highest BCUT2D eigenvalue weighted by Gasteiger charge is 2.80. The van der Waals surface area contributed by atoms with Crippen molar-refractivity contribution in [2.24, 2.45) is 10.8 Å². The fraction of sp³-hybridized carbons (Fsp3) is 0.700. The lowest BCUT2D eigenvalue weighted by molar-refractivity contribution is -0.302. The van der Waals surface area contributed by atoms with Crippen LogP contribution < -0.4 is 0 Å². The van der Waals surface area contributed by atoms with Gasteiger partial charge in [-0.15, -0.1) is 0 Å². The fourth-order valence-electron chi connectivity index (χ4n) is 5.87. The Balaban J connectivity index is 1.90. The molecular formula is C20H26O7. The molecule has 7 heteroatoms. The molecule has 6 unspecified atom stereocenters. The first kappa shape index (κ1) is 18.7. The number of aliphatic hydroxyl groups is 3. The summed E-state index contributed by atoms with van der Waals surface area (Å²) in [4.78, 5) is 25.7. The third-order valence-electron chi connectivity index (χ3n) is 7.99. The van der Waals surface area contributed by atoms with Crippen molar-refractivity contribution in [2.75, 3.05) is 0 Å². The van der Waals surface area contributed by atoms with Crippen molar-refractivity contribution in [3.63, 3.8) is 0 Å². The number of hydrogen-bond donors (Lipinski definition) is 3. The first-order valence-corrected chi connectivity index (χ1v) is 9.37. The smallest absolute Gasteiger partial charge is 0.318 e. The Bertz CT molecular complexity index is 795. The van der Waals surface area contributed by atoms with Gasteiger partial charge in [-0.25, -0.2) is 0 Å². The molecule has 1 aromatic rings. The van der Waals surface area contributed by atoms with Crippen LogP contribution in [0.15, 0.2) is 23.0 Å². The minimum atomic E-state index is -1.81. The summed E-state index contributed by atoms with van der Waals surface area (Å²) in [6.07, 6.45) is 2.60. The number of rotatable bonds is 1. The zero-order valence-electron chi connectivity index (χ0n) is 15.8. The standard InChI is InChI=1S/C20H26O7/c1-16-7-8-17(2,23)19(20(16,25)6-4-14(21)18(16,3)24)10-13(27-15(19)22)12-5-9-26-11-12/h5,9,11,13,23-25H,4,6-8,10H2,1-3H3. The number of carbonyl (C=O) groups is 2. The monoisotopic (exact) mass is 378 g/mol. The average Bonchev–Trinajstić information content (AvgIpc) is 3.23. The molecule has 1 aliphatic heterocycles. The van der Waals surface area contributed by atoms with Crippen molar-refractivity contribution in [3.8, 4) is 0 Å². The Hall–Kier alpha value is -1.70. The summed E-state index contributed by atoms with van der Waals surface area (Å²) in [6.45, 7) is 4.58. The molecule has 1 aromatic heterocycles. The first-order chi connectivity index (χ1) is 12.4. The van der Waals surface area contributed by atoms with E-state index in [1.165, 1.54) is 26.4 Å². The maximum absolute atomic E-state index is 13.2. The molecule has 3 fully saturated rings. The average molecular weight is 378 g/mol. The van der Waals surface area contributed by atoms with Crippen LogP contribution >= 0.6 is 0 Å². The van der Waals surface area contributed by atoms with Gasteiger partial charge in [-0.2, -0.15) is 0 Å². The molecule has 3 N–H and O–H groups in total. The Morgan fingerprint density at radius 1 is 1.07 bits per heavy atom. The van der Waals surface area contributed by atoms with Gasteiger partial charge in [0.1, 0.15) is 17.1 Å². The van der Waals surface area contributed by atoms with Crippen LogP contribution in [-0.2, 0) is 14.3 Å². The highest BCUT2D eigenvalue weighted by Crippen LogP contribution is 2.69. The third-order valence-corrected chi connectivity index (χ3v) is 7.99. The topological polar surface area (TPSA) is 117 Å². The number of Topliss-reactive ketones (excluding diaryl/α,β-unsaturated/α-hetero) is 1. The second kappa shape index (κ2) is 5.21. The van der Waals surface area contributed by atoms with E-state index in [4.69, 9.17) is 9.15 Å². The van der Waals surface area contributed by atoms with E-state index in [1.807, 2.05) is 0 Å². The third kappa shape index (κ3) is 1.92. The SMILES string of the molecule is CC1(O)CCC2(C)C(C)(O)C(=O)CCC2(O)C12CC(c1ccoc1)OC2=O. The summed E-state index contributed by atoms with van der Waals surface area (Å²) < 4.78 is 10.7. The summed E-state index contributed by atoms with van der Waals surface area (Å²) in [5.41, 5.74) is -7.45. The van der Waals surface area contributed by atoms with E-state index in [2.05, 4.69) is 0 Å². The summed E-state index contributed by atoms with van der Waals surface area (Å²) >= 11 is 0. The highest BCUT2D eigenvalue weighted by atomic mass is 16.6. The molecule has 1 spiro atoms. The Morgan fingerprint density at radius 2 is 1.78 bits per heavy atom. The summed E-state index contributed by atoms with van der Waals surface area (Å²) in [5, 5.41) is 34.3. The highest BCUT2D eigenvalue weighted by molar-refractivity contribution is 5.91. The van der Waals surface area contributed by atoms with Gasteiger partial charge in [0.2, 0.25) is 0 Å². The molecule has 2 saturated carbocycles. The van der Waals surface area contributed by atoms with Crippen LogP contribution in [-0.4, -0.2) is 43.9 Å². The van der Waals surface area contributed by atoms with E-state index >= 15 is 0 Å². The predicted octanol–water partition coefficient (Wildman–Crippen LogP) is 1.65. The van der Waals surface area contributed by atoms with E-state index in [-0.39, 0.29) is 37.9 Å². The lowest BCUT2D eigenvalue weighted by Gasteiger charge is -2.66. The molecule has 27 heavy (non-hydrogen) atoms. The van der Waals surface area contributed by atoms with Crippen LogP contribution in [0, 0.1) is 10.8 Å². The Labute approximate surface area is 157 Å². The van der Waals surface area contributed by atoms with Gasteiger partial charge in [0, 0.05) is 23.8 Å². The molecule has 2 aliphatic carbocycles. The molecule has 2 heterocycles. The van der Waals surface area contributed by atoms with E-state index in [9.17, 15) is 24.9 Å². The van der Waals surface area contributed by atoms with Gasteiger partial charge in [0.05, 0.1) is 23.7 Å². The molecule has 4 rings (SSSR count). The number of cyclic esters (lactones) is 1. The lowest BCUT2D eigenvalue weighted by atomic mass is 9.39. The zero-order chi connectivity index (χ0) is 19.9.